The summed E-state index contributed by atoms with van der Waals surface area (Å²) in [7, 11) is 2.01. The second-order valence-electron chi connectivity index (χ2n) is 3.56. The van der Waals surface area contributed by atoms with Crippen molar-refractivity contribution in [3.05, 3.63) is 35.5 Å². The lowest BCUT2D eigenvalue weighted by Crippen LogP contribution is -1.97. The molecule has 1 aromatic heterocycles. The number of hydrogen-bond acceptors (Lipinski definition) is 1. The highest BCUT2D eigenvalue weighted by Gasteiger charge is 2.07. The van der Waals surface area contributed by atoms with Gasteiger partial charge in [-0.2, -0.15) is 0 Å². The van der Waals surface area contributed by atoms with Crippen LogP contribution in [0, 0.1) is 0 Å². The zero-order chi connectivity index (χ0) is 10.1. The highest BCUT2D eigenvalue weighted by atomic mass is 16.3. The van der Waals surface area contributed by atoms with E-state index in [1.54, 1.807) is 0 Å². The van der Waals surface area contributed by atoms with E-state index in [9.17, 15) is 0 Å². The van der Waals surface area contributed by atoms with Gasteiger partial charge in [-0.1, -0.05) is 25.1 Å². The number of aliphatic hydroxyl groups excluding tert-OH is 1. The van der Waals surface area contributed by atoms with Gasteiger partial charge in [0.25, 0.3) is 0 Å². The van der Waals surface area contributed by atoms with Gasteiger partial charge >= 0.3 is 0 Å². The van der Waals surface area contributed by atoms with Crippen LogP contribution in [0.1, 0.15) is 18.2 Å². The SMILES string of the molecule is CCc1cccc2cc(CO)n(C)c12. The minimum Gasteiger partial charge on any atom is -0.390 e. The van der Waals surface area contributed by atoms with Crippen molar-refractivity contribution in [2.45, 2.75) is 20.0 Å². The Morgan fingerprint density at radius 3 is 2.79 bits per heavy atom. The molecule has 0 atom stereocenters. The van der Waals surface area contributed by atoms with Crippen LogP contribution in [0.25, 0.3) is 10.9 Å². The predicted octanol–water partition coefficient (Wildman–Crippen LogP) is 2.23. The maximum Gasteiger partial charge on any atom is 0.0833 e. The Bertz CT molecular complexity index is 457. The van der Waals surface area contributed by atoms with E-state index in [0.717, 1.165) is 12.1 Å². The van der Waals surface area contributed by atoms with Gasteiger partial charge in [0.2, 0.25) is 0 Å². The molecule has 0 unspecified atom stereocenters. The Balaban J connectivity index is 2.79. The molecule has 0 saturated heterocycles. The van der Waals surface area contributed by atoms with Crippen LogP contribution < -0.4 is 0 Å². The maximum atomic E-state index is 9.16. The van der Waals surface area contributed by atoms with Crippen LogP contribution in [0.5, 0.6) is 0 Å². The third kappa shape index (κ3) is 1.23. The van der Waals surface area contributed by atoms with Crippen LogP contribution in [0.15, 0.2) is 24.3 Å². The van der Waals surface area contributed by atoms with Crippen molar-refractivity contribution in [1.82, 2.24) is 4.57 Å². The van der Waals surface area contributed by atoms with E-state index in [1.807, 2.05) is 7.05 Å². The van der Waals surface area contributed by atoms with Crippen LogP contribution in [0.3, 0.4) is 0 Å². The molecule has 0 bridgehead atoms. The Labute approximate surface area is 83.8 Å². The van der Waals surface area contributed by atoms with E-state index in [-0.39, 0.29) is 6.61 Å². The Morgan fingerprint density at radius 2 is 2.14 bits per heavy atom. The standard InChI is InChI=1S/C12H15NO/c1-3-9-5-4-6-10-7-11(8-14)13(2)12(9)10/h4-7,14H,3,8H2,1-2H3. The number of hydrogen-bond donors (Lipinski definition) is 1. The number of nitrogens with zero attached hydrogens (tertiary/aromatic N) is 1. The third-order valence-electron chi connectivity index (χ3n) is 2.78. The van der Waals surface area contributed by atoms with Gasteiger partial charge in [0, 0.05) is 18.1 Å². The van der Waals surface area contributed by atoms with E-state index < -0.39 is 0 Å². The average Bonchev–Trinajstić information content (AvgIpc) is 2.55. The van der Waals surface area contributed by atoms with Crippen molar-refractivity contribution in [3.63, 3.8) is 0 Å². The van der Waals surface area contributed by atoms with Gasteiger partial charge in [-0.25, -0.2) is 0 Å². The lowest BCUT2D eigenvalue weighted by atomic mass is 10.1. The maximum absolute atomic E-state index is 9.16. The smallest absolute Gasteiger partial charge is 0.0833 e. The van der Waals surface area contributed by atoms with Gasteiger partial charge < -0.3 is 9.67 Å². The normalized spacial score (nSPS) is 11.1. The first-order chi connectivity index (χ1) is 6.77. The molecule has 0 aliphatic carbocycles. The number of aryl methyl sites for hydroxylation is 2. The number of aliphatic hydroxyl groups is 1. The van der Waals surface area contributed by atoms with Crippen molar-refractivity contribution in [3.8, 4) is 0 Å². The molecule has 1 aromatic carbocycles. The van der Waals surface area contributed by atoms with E-state index in [0.29, 0.717) is 0 Å². The van der Waals surface area contributed by atoms with Crippen molar-refractivity contribution in [2.24, 2.45) is 7.05 Å². The fourth-order valence-corrected chi connectivity index (χ4v) is 1.99. The van der Waals surface area contributed by atoms with Crippen LogP contribution in [-0.4, -0.2) is 9.67 Å². The van der Waals surface area contributed by atoms with Crippen molar-refractivity contribution >= 4 is 10.9 Å². The monoisotopic (exact) mass is 189 g/mol. The van der Waals surface area contributed by atoms with Crippen LogP contribution >= 0.6 is 0 Å². The second kappa shape index (κ2) is 3.46. The fraction of sp³-hybridized carbons (Fsp3) is 0.333. The Morgan fingerprint density at radius 1 is 1.36 bits per heavy atom. The van der Waals surface area contributed by atoms with Gasteiger partial charge in [-0.15, -0.1) is 0 Å². The first kappa shape index (κ1) is 9.28. The summed E-state index contributed by atoms with van der Waals surface area (Å²) in [5.41, 5.74) is 3.56. The molecular formula is C12H15NO. The summed E-state index contributed by atoms with van der Waals surface area (Å²) in [5.74, 6) is 0. The summed E-state index contributed by atoms with van der Waals surface area (Å²) in [6, 6.07) is 8.36. The molecule has 0 saturated carbocycles. The van der Waals surface area contributed by atoms with Gasteiger partial charge in [-0.05, 0) is 18.1 Å². The third-order valence-corrected chi connectivity index (χ3v) is 2.78. The molecule has 2 nitrogen and oxygen atoms in total. The van der Waals surface area contributed by atoms with Gasteiger partial charge in [-0.3, -0.25) is 0 Å². The molecule has 1 heterocycles. The minimum atomic E-state index is 0.105. The lowest BCUT2D eigenvalue weighted by Gasteiger charge is -2.04. The summed E-state index contributed by atoms with van der Waals surface area (Å²) in [6.07, 6.45) is 1.03. The first-order valence-electron chi connectivity index (χ1n) is 4.95. The quantitative estimate of drug-likeness (QED) is 0.770. The van der Waals surface area contributed by atoms with Gasteiger partial charge in [0.05, 0.1) is 12.1 Å². The molecule has 2 rings (SSSR count). The van der Waals surface area contributed by atoms with Crippen LogP contribution in [-0.2, 0) is 20.1 Å². The summed E-state index contributed by atoms with van der Waals surface area (Å²) < 4.78 is 2.08. The Hall–Kier alpha value is -1.28. The summed E-state index contributed by atoms with van der Waals surface area (Å²) in [6.45, 7) is 2.26. The minimum absolute atomic E-state index is 0.105. The molecule has 0 amide bonds. The van der Waals surface area contributed by atoms with Gasteiger partial charge in [0.1, 0.15) is 0 Å². The zero-order valence-corrected chi connectivity index (χ0v) is 8.62. The Kier molecular flexibility index (Phi) is 2.30. The van der Waals surface area contributed by atoms with Crippen molar-refractivity contribution in [1.29, 1.82) is 0 Å². The van der Waals surface area contributed by atoms with E-state index in [1.165, 1.54) is 16.5 Å². The molecule has 0 spiro atoms. The summed E-state index contributed by atoms with van der Waals surface area (Å²) in [5, 5.41) is 10.4. The van der Waals surface area contributed by atoms with Gasteiger partial charge in [0.15, 0.2) is 0 Å². The number of benzene rings is 1. The van der Waals surface area contributed by atoms with E-state index in [2.05, 4.69) is 35.8 Å². The molecule has 14 heavy (non-hydrogen) atoms. The molecule has 0 aliphatic heterocycles. The molecule has 0 fully saturated rings. The van der Waals surface area contributed by atoms with E-state index in [4.69, 9.17) is 5.11 Å². The average molecular weight is 189 g/mol. The highest BCUT2D eigenvalue weighted by Crippen LogP contribution is 2.22. The lowest BCUT2D eigenvalue weighted by molar-refractivity contribution is 0.273. The zero-order valence-electron chi connectivity index (χ0n) is 8.62. The van der Waals surface area contributed by atoms with Crippen LogP contribution in [0.4, 0.5) is 0 Å². The largest absolute Gasteiger partial charge is 0.390 e. The summed E-state index contributed by atoms with van der Waals surface area (Å²) in [4.78, 5) is 0. The first-order valence-corrected chi connectivity index (χ1v) is 4.95. The number of aromatic nitrogens is 1. The molecule has 0 radical (unpaired) electrons. The molecule has 0 aliphatic rings. The predicted molar refractivity (Wildman–Crippen MR) is 58.2 cm³/mol. The number of fused-ring (bicyclic) bond motifs is 1. The number of rotatable bonds is 2. The number of para-hydroxylation sites is 1. The highest BCUT2D eigenvalue weighted by molar-refractivity contribution is 5.84. The molecule has 1 N–H and O–H groups in total. The second-order valence-corrected chi connectivity index (χ2v) is 3.56. The van der Waals surface area contributed by atoms with Crippen LogP contribution in [0.2, 0.25) is 0 Å². The molecule has 74 valence electrons. The molecular weight excluding hydrogens is 174 g/mol. The summed E-state index contributed by atoms with van der Waals surface area (Å²) >= 11 is 0. The van der Waals surface area contributed by atoms with Crippen molar-refractivity contribution < 1.29 is 5.11 Å². The molecule has 2 aromatic rings. The topological polar surface area (TPSA) is 25.2 Å². The van der Waals surface area contributed by atoms with E-state index >= 15 is 0 Å². The fourth-order valence-electron chi connectivity index (χ4n) is 1.99. The molecule has 2 heteroatoms. The van der Waals surface area contributed by atoms with Crippen molar-refractivity contribution in [2.75, 3.05) is 0 Å².